The fourth-order valence-corrected chi connectivity index (χ4v) is 5.98. The van der Waals surface area contributed by atoms with E-state index < -0.39 is 6.10 Å². The predicted molar refractivity (Wildman–Crippen MR) is 147 cm³/mol. The van der Waals surface area contributed by atoms with Crippen molar-refractivity contribution in [1.29, 1.82) is 0 Å². The summed E-state index contributed by atoms with van der Waals surface area (Å²) in [6.07, 6.45) is 3.63. The summed E-state index contributed by atoms with van der Waals surface area (Å²) in [5.74, 6) is 3.42. The van der Waals surface area contributed by atoms with Gasteiger partial charge in [0.1, 0.15) is 17.2 Å². The molecule has 4 heterocycles. The fourth-order valence-electron chi connectivity index (χ4n) is 5.98. The largest absolute Gasteiger partial charge is 0.497 e. The molecule has 5 atom stereocenters. The van der Waals surface area contributed by atoms with Crippen molar-refractivity contribution < 1.29 is 14.6 Å². The molecular formula is C32H32N2O3. The average molecular weight is 493 g/mol. The van der Waals surface area contributed by atoms with Crippen LogP contribution in [-0.2, 0) is 0 Å². The van der Waals surface area contributed by atoms with Crippen LogP contribution in [-0.4, -0.2) is 41.2 Å². The minimum atomic E-state index is -0.620. The highest BCUT2D eigenvalue weighted by atomic mass is 16.5. The summed E-state index contributed by atoms with van der Waals surface area (Å²) in [6, 6.07) is 25.7. The number of methoxy groups -OCH3 is 1. The first kappa shape index (κ1) is 23.7. The molecule has 3 aliphatic heterocycles. The summed E-state index contributed by atoms with van der Waals surface area (Å²) < 4.78 is 11.5. The van der Waals surface area contributed by atoms with Crippen molar-refractivity contribution in [1.82, 2.24) is 9.88 Å². The van der Waals surface area contributed by atoms with Crippen molar-refractivity contribution in [2.75, 3.05) is 20.2 Å². The van der Waals surface area contributed by atoms with Gasteiger partial charge in [-0.25, -0.2) is 4.98 Å². The quantitative estimate of drug-likeness (QED) is 0.293. The molecule has 3 fully saturated rings. The first-order chi connectivity index (χ1) is 18.1. The van der Waals surface area contributed by atoms with E-state index in [4.69, 9.17) is 14.5 Å². The summed E-state index contributed by atoms with van der Waals surface area (Å²) in [5.41, 5.74) is 3.55. The molecule has 5 nitrogen and oxygen atoms in total. The minimum Gasteiger partial charge on any atom is -0.497 e. The zero-order valence-electron chi connectivity index (χ0n) is 21.1. The van der Waals surface area contributed by atoms with Gasteiger partial charge >= 0.3 is 0 Å². The number of aliphatic hydroxyl groups is 1. The molecule has 4 aromatic rings. The number of pyridine rings is 1. The molecule has 7 rings (SSSR count). The van der Waals surface area contributed by atoms with Crippen molar-refractivity contribution in [2.45, 2.75) is 25.0 Å². The smallest absolute Gasteiger partial charge is 0.127 e. The van der Waals surface area contributed by atoms with Crippen LogP contribution in [0.5, 0.6) is 17.2 Å². The van der Waals surface area contributed by atoms with E-state index in [0.29, 0.717) is 11.8 Å². The Hall–Kier alpha value is -3.67. The lowest BCUT2D eigenvalue weighted by Crippen LogP contribution is -2.54. The Morgan fingerprint density at radius 3 is 2.46 bits per heavy atom. The zero-order chi connectivity index (χ0) is 25.4. The number of rotatable bonds is 7. The molecule has 0 spiro atoms. The van der Waals surface area contributed by atoms with E-state index in [1.807, 2.05) is 78.9 Å². The van der Waals surface area contributed by atoms with Crippen molar-refractivity contribution in [3.63, 3.8) is 0 Å². The van der Waals surface area contributed by atoms with E-state index >= 15 is 0 Å². The zero-order valence-corrected chi connectivity index (χ0v) is 21.1. The fraction of sp³-hybridized carbons (Fsp3) is 0.281. The number of aliphatic hydroxyl groups excluding tert-OH is 1. The van der Waals surface area contributed by atoms with Gasteiger partial charge in [-0.2, -0.15) is 0 Å². The summed E-state index contributed by atoms with van der Waals surface area (Å²) >= 11 is 0. The molecule has 2 bridgehead atoms. The minimum absolute atomic E-state index is 0.0845. The van der Waals surface area contributed by atoms with Gasteiger partial charge in [0.05, 0.1) is 24.4 Å². The van der Waals surface area contributed by atoms with E-state index in [9.17, 15) is 5.11 Å². The second-order valence-corrected chi connectivity index (χ2v) is 10.1. The maximum Gasteiger partial charge on any atom is 0.127 e. The van der Waals surface area contributed by atoms with Gasteiger partial charge in [-0.15, -0.1) is 6.58 Å². The van der Waals surface area contributed by atoms with E-state index in [1.54, 1.807) is 7.11 Å². The summed E-state index contributed by atoms with van der Waals surface area (Å²) in [4.78, 5) is 7.40. The summed E-state index contributed by atoms with van der Waals surface area (Å²) in [7, 11) is 1.67. The predicted octanol–water partition coefficient (Wildman–Crippen LogP) is 6.63. The van der Waals surface area contributed by atoms with E-state index in [1.165, 1.54) is 6.42 Å². The molecule has 5 heteroatoms. The average Bonchev–Trinajstić information content (AvgIpc) is 2.97. The number of ether oxygens (including phenoxy) is 2. The number of fused-ring (bicyclic) bond motifs is 4. The molecule has 0 amide bonds. The third kappa shape index (κ3) is 4.61. The molecule has 4 unspecified atom stereocenters. The van der Waals surface area contributed by atoms with Crippen LogP contribution in [0.15, 0.2) is 91.5 Å². The number of para-hydroxylation sites is 1. The van der Waals surface area contributed by atoms with Crippen LogP contribution in [0.2, 0.25) is 0 Å². The maximum absolute atomic E-state index is 11.8. The molecule has 3 aromatic carbocycles. The number of hydrogen-bond donors (Lipinski definition) is 1. The van der Waals surface area contributed by atoms with Crippen LogP contribution in [0.3, 0.4) is 0 Å². The molecule has 0 aliphatic carbocycles. The number of aromatic nitrogens is 1. The highest BCUT2D eigenvalue weighted by Crippen LogP contribution is 2.43. The van der Waals surface area contributed by atoms with Gasteiger partial charge in [-0.3, -0.25) is 4.90 Å². The van der Waals surface area contributed by atoms with Crippen molar-refractivity contribution in [2.24, 2.45) is 11.8 Å². The van der Waals surface area contributed by atoms with Crippen LogP contribution in [0.4, 0.5) is 0 Å². The Morgan fingerprint density at radius 2 is 1.76 bits per heavy atom. The van der Waals surface area contributed by atoms with Gasteiger partial charge in [0.25, 0.3) is 0 Å². The number of benzene rings is 3. The molecule has 1 aromatic heterocycles. The first-order valence-electron chi connectivity index (χ1n) is 13.0. The lowest BCUT2D eigenvalue weighted by molar-refractivity contribution is -0.0444. The molecule has 1 N–H and O–H groups in total. The normalized spacial score (nSPS) is 23.5. The van der Waals surface area contributed by atoms with Gasteiger partial charge < -0.3 is 14.6 Å². The van der Waals surface area contributed by atoms with E-state index in [-0.39, 0.29) is 6.04 Å². The summed E-state index contributed by atoms with van der Waals surface area (Å²) in [5, 5.41) is 12.7. The number of piperidine rings is 3. The molecule has 3 aliphatic rings. The van der Waals surface area contributed by atoms with Gasteiger partial charge in [-0.1, -0.05) is 24.3 Å². The van der Waals surface area contributed by atoms with Crippen LogP contribution in [0.25, 0.3) is 22.2 Å². The van der Waals surface area contributed by atoms with E-state index in [2.05, 4.69) is 17.6 Å². The Balaban J connectivity index is 1.36. The third-order valence-electron chi connectivity index (χ3n) is 8.01. The molecular weight excluding hydrogens is 460 g/mol. The van der Waals surface area contributed by atoms with Crippen molar-refractivity contribution in [3.05, 3.63) is 97.1 Å². The monoisotopic (exact) mass is 492 g/mol. The Bertz CT molecular complexity index is 1400. The van der Waals surface area contributed by atoms with Crippen LogP contribution < -0.4 is 9.47 Å². The topological polar surface area (TPSA) is 54.8 Å². The third-order valence-corrected chi connectivity index (χ3v) is 8.01. The Labute approximate surface area is 218 Å². The van der Waals surface area contributed by atoms with Gasteiger partial charge in [0.2, 0.25) is 0 Å². The van der Waals surface area contributed by atoms with Gasteiger partial charge in [0, 0.05) is 23.5 Å². The number of hydrogen-bond acceptors (Lipinski definition) is 5. The lowest BCUT2D eigenvalue weighted by Gasteiger charge is -2.50. The van der Waals surface area contributed by atoms with Gasteiger partial charge in [-0.05, 0) is 97.4 Å². The van der Waals surface area contributed by atoms with Crippen LogP contribution in [0, 0.1) is 11.8 Å². The van der Waals surface area contributed by atoms with Crippen LogP contribution in [0.1, 0.15) is 24.5 Å². The molecule has 37 heavy (non-hydrogen) atoms. The second kappa shape index (κ2) is 10.0. The van der Waals surface area contributed by atoms with E-state index in [0.717, 1.165) is 64.5 Å². The standard InChI is InChI=1S/C32H32N2O3/c1-3-21-20-34-16-15-23(21)17-31(34)32(35)28-19-30(33-29-14-13-26(36-2)18-27(28)29)22-9-11-25(12-10-22)37-24-7-5-4-6-8-24/h3-14,18-19,21,23,31-32,35H,1,15-17,20H2,2H3/t21?,23?,31?,32-/m1/s1. The Morgan fingerprint density at radius 1 is 1.00 bits per heavy atom. The van der Waals surface area contributed by atoms with Crippen LogP contribution >= 0.6 is 0 Å². The Kier molecular flexibility index (Phi) is 6.41. The second-order valence-electron chi connectivity index (χ2n) is 10.1. The molecule has 3 saturated heterocycles. The molecule has 0 radical (unpaired) electrons. The maximum atomic E-state index is 11.8. The van der Waals surface area contributed by atoms with Gasteiger partial charge in [0.15, 0.2) is 0 Å². The SMILES string of the molecule is C=CC1CN2CCC1CC2[C@H](O)c1cc(-c2ccc(Oc3ccccc3)cc2)nc2ccc(OC)cc12. The lowest BCUT2D eigenvalue weighted by atomic mass is 9.73. The molecule has 188 valence electrons. The van der Waals surface area contributed by atoms with Crippen molar-refractivity contribution >= 4 is 10.9 Å². The highest BCUT2D eigenvalue weighted by Gasteiger charge is 2.42. The molecule has 0 saturated carbocycles. The first-order valence-corrected chi connectivity index (χ1v) is 13.0. The summed E-state index contributed by atoms with van der Waals surface area (Å²) in [6.45, 7) is 6.04. The highest BCUT2D eigenvalue weighted by molar-refractivity contribution is 5.87. The number of nitrogens with zero attached hydrogens (tertiary/aromatic N) is 2. The van der Waals surface area contributed by atoms with Crippen molar-refractivity contribution in [3.8, 4) is 28.5 Å².